The Morgan fingerprint density at radius 2 is 1.76 bits per heavy atom. The molecule has 0 spiro atoms. The van der Waals surface area contributed by atoms with Crippen LogP contribution in [0.4, 0.5) is 11.4 Å². The summed E-state index contributed by atoms with van der Waals surface area (Å²) in [6.45, 7) is 3.18. The quantitative estimate of drug-likeness (QED) is 0.565. The van der Waals surface area contributed by atoms with Crippen LogP contribution in [0, 0.1) is 0 Å². The molecule has 176 valence electrons. The third-order valence-electron chi connectivity index (χ3n) is 5.81. The highest BCUT2D eigenvalue weighted by molar-refractivity contribution is 9.10. The Balaban J connectivity index is 1.61. The number of hydrogen-bond donors (Lipinski definition) is 1. The summed E-state index contributed by atoms with van der Waals surface area (Å²) in [6, 6.07) is 12.7. The zero-order valence-corrected chi connectivity index (χ0v) is 20.8. The maximum atomic E-state index is 13.2. The second kappa shape index (κ2) is 10.8. The van der Waals surface area contributed by atoms with E-state index in [1.165, 1.54) is 16.8 Å². The highest BCUT2D eigenvalue weighted by atomic mass is 79.9. The van der Waals surface area contributed by atoms with Crippen molar-refractivity contribution in [3.05, 3.63) is 58.6 Å². The predicted octanol–water partition coefficient (Wildman–Crippen LogP) is 4.11. The molecule has 33 heavy (non-hydrogen) atoms. The average Bonchev–Trinajstić information content (AvgIpc) is 2.84. The number of carbonyl (C=O) groups is 1. The first-order valence-electron chi connectivity index (χ1n) is 11.1. The maximum absolute atomic E-state index is 13.2. The van der Waals surface area contributed by atoms with Gasteiger partial charge in [0.15, 0.2) is 0 Å². The van der Waals surface area contributed by atoms with Gasteiger partial charge in [-0.3, -0.25) is 4.79 Å². The van der Waals surface area contributed by atoms with Crippen molar-refractivity contribution in [3.63, 3.8) is 0 Å². The summed E-state index contributed by atoms with van der Waals surface area (Å²) in [7, 11) is -3.67. The van der Waals surface area contributed by atoms with E-state index >= 15 is 0 Å². The van der Waals surface area contributed by atoms with E-state index < -0.39 is 10.0 Å². The first kappa shape index (κ1) is 23.9. The highest BCUT2D eigenvalue weighted by Crippen LogP contribution is 2.32. The summed E-state index contributed by atoms with van der Waals surface area (Å²) >= 11 is 3.43. The van der Waals surface area contributed by atoms with Crippen LogP contribution in [-0.4, -0.2) is 58.0 Å². The van der Waals surface area contributed by atoms with Gasteiger partial charge in [0.05, 0.1) is 29.5 Å². The highest BCUT2D eigenvalue weighted by Gasteiger charge is 2.28. The molecule has 1 N–H and O–H groups in total. The van der Waals surface area contributed by atoms with Crippen molar-refractivity contribution in [2.24, 2.45) is 0 Å². The molecule has 0 aliphatic carbocycles. The molecular weight excluding hydrogens is 506 g/mol. The second-order valence-corrected chi connectivity index (χ2v) is 11.0. The fourth-order valence-electron chi connectivity index (χ4n) is 4.08. The molecule has 2 fully saturated rings. The number of ether oxygens (including phenoxy) is 1. The number of benzene rings is 2. The Kier molecular flexibility index (Phi) is 7.85. The lowest BCUT2D eigenvalue weighted by Crippen LogP contribution is -2.40. The number of amides is 1. The first-order valence-corrected chi connectivity index (χ1v) is 13.4. The van der Waals surface area contributed by atoms with Crippen molar-refractivity contribution >= 4 is 49.3 Å². The summed E-state index contributed by atoms with van der Waals surface area (Å²) in [6.07, 6.45) is 6.52. The third-order valence-corrected chi connectivity index (χ3v) is 8.19. The van der Waals surface area contributed by atoms with Gasteiger partial charge in [0, 0.05) is 36.7 Å². The normalized spacial score (nSPS) is 17.9. The number of halogens is 1. The van der Waals surface area contributed by atoms with E-state index in [0.717, 1.165) is 41.7 Å². The Morgan fingerprint density at radius 1 is 1.00 bits per heavy atom. The SMILES string of the molecule is O=C(/C=C/c1cccc(Br)c1)Nc1cc(S(=O)(=O)N2CCOCC2)ccc1N1CCCCC1. The van der Waals surface area contributed by atoms with E-state index in [9.17, 15) is 13.2 Å². The van der Waals surface area contributed by atoms with E-state index in [1.807, 2.05) is 30.3 Å². The van der Waals surface area contributed by atoms with Crippen LogP contribution in [0.15, 0.2) is 57.9 Å². The van der Waals surface area contributed by atoms with Crippen LogP contribution in [0.25, 0.3) is 6.08 Å². The Labute approximate surface area is 203 Å². The number of piperidine rings is 1. The molecule has 0 aromatic heterocycles. The lowest BCUT2D eigenvalue weighted by Gasteiger charge is -2.31. The van der Waals surface area contributed by atoms with Crippen molar-refractivity contribution < 1.29 is 17.9 Å². The number of hydrogen-bond acceptors (Lipinski definition) is 5. The zero-order valence-electron chi connectivity index (χ0n) is 18.4. The summed E-state index contributed by atoms with van der Waals surface area (Å²) < 4.78 is 34.0. The number of morpholine rings is 1. The minimum absolute atomic E-state index is 0.177. The van der Waals surface area contributed by atoms with Crippen molar-refractivity contribution in [2.45, 2.75) is 24.2 Å². The van der Waals surface area contributed by atoms with Gasteiger partial charge in [0.1, 0.15) is 0 Å². The van der Waals surface area contributed by atoms with Crippen LogP contribution in [0.1, 0.15) is 24.8 Å². The van der Waals surface area contributed by atoms with Crippen molar-refractivity contribution in [3.8, 4) is 0 Å². The van der Waals surface area contributed by atoms with E-state index in [4.69, 9.17) is 4.74 Å². The molecule has 2 heterocycles. The van der Waals surface area contributed by atoms with Gasteiger partial charge in [-0.1, -0.05) is 28.1 Å². The molecule has 4 rings (SSSR count). The molecule has 2 saturated heterocycles. The molecule has 2 aliphatic rings. The van der Waals surface area contributed by atoms with Crippen molar-refractivity contribution in [1.82, 2.24) is 4.31 Å². The summed E-state index contributed by atoms with van der Waals surface area (Å²) in [4.78, 5) is 15.2. The number of nitrogens with zero attached hydrogens (tertiary/aromatic N) is 2. The topological polar surface area (TPSA) is 79.0 Å². The molecule has 0 atom stereocenters. The number of sulfonamides is 1. The molecule has 9 heteroatoms. The van der Waals surface area contributed by atoms with Crippen LogP contribution in [-0.2, 0) is 19.6 Å². The van der Waals surface area contributed by atoms with Gasteiger partial charge in [0.25, 0.3) is 0 Å². The zero-order chi connectivity index (χ0) is 23.3. The van der Waals surface area contributed by atoms with E-state index in [1.54, 1.807) is 18.2 Å². The second-order valence-electron chi connectivity index (χ2n) is 8.12. The fourth-order valence-corrected chi connectivity index (χ4v) is 5.93. The van der Waals surface area contributed by atoms with Crippen LogP contribution in [0.2, 0.25) is 0 Å². The molecule has 0 radical (unpaired) electrons. The van der Waals surface area contributed by atoms with Gasteiger partial charge in [0.2, 0.25) is 15.9 Å². The number of rotatable bonds is 6. The fraction of sp³-hybridized carbons (Fsp3) is 0.375. The largest absolute Gasteiger partial charge is 0.379 e. The van der Waals surface area contributed by atoms with Crippen LogP contribution in [0.5, 0.6) is 0 Å². The number of carbonyl (C=O) groups excluding carboxylic acids is 1. The summed E-state index contributed by atoms with van der Waals surface area (Å²) in [5, 5.41) is 2.92. The van der Waals surface area contributed by atoms with Crippen molar-refractivity contribution in [2.75, 3.05) is 49.6 Å². The van der Waals surface area contributed by atoms with Crippen molar-refractivity contribution in [1.29, 1.82) is 0 Å². The molecular formula is C24H28BrN3O4S. The average molecular weight is 534 g/mol. The Hall–Kier alpha value is -2.20. The molecule has 2 aliphatic heterocycles. The monoisotopic (exact) mass is 533 g/mol. The van der Waals surface area contributed by atoms with E-state index in [0.29, 0.717) is 32.0 Å². The Morgan fingerprint density at radius 3 is 2.48 bits per heavy atom. The van der Waals surface area contributed by atoms with Gasteiger partial charge in [-0.2, -0.15) is 4.31 Å². The molecule has 7 nitrogen and oxygen atoms in total. The van der Waals surface area contributed by atoms with E-state index in [-0.39, 0.29) is 10.8 Å². The minimum atomic E-state index is -3.67. The lowest BCUT2D eigenvalue weighted by atomic mass is 10.1. The third kappa shape index (κ3) is 6.03. The molecule has 2 aromatic rings. The standard InChI is InChI=1S/C24H28BrN3O4S/c25-20-6-4-5-19(17-20)7-10-24(29)26-22-18-21(33(30,31)28-13-15-32-16-14-28)8-9-23(22)27-11-2-1-3-12-27/h4-10,17-18H,1-3,11-16H2,(H,26,29)/b10-7+. The molecule has 1 amide bonds. The smallest absolute Gasteiger partial charge is 0.248 e. The summed E-state index contributed by atoms with van der Waals surface area (Å²) in [5.41, 5.74) is 2.24. The lowest BCUT2D eigenvalue weighted by molar-refractivity contribution is -0.111. The minimum Gasteiger partial charge on any atom is -0.379 e. The molecule has 0 saturated carbocycles. The molecule has 0 unspecified atom stereocenters. The van der Waals surface area contributed by atoms with Crippen LogP contribution >= 0.6 is 15.9 Å². The number of nitrogens with one attached hydrogen (secondary N) is 1. The maximum Gasteiger partial charge on any atom is 0.248 e. The molecule has 0 bridgehead atoms. The summed E-state index contributed by atoms with van der Waals surface area (Å²) in [5.74, 6) is -0.311. The van der Waals surface area contributed by atoms with Gasteiger partial charge in [-0.15, -0.1) is 0 Å². The van der Waals surface area contributed by atoms with E-state index in [2.05, 4.69) is 26.1 Å². The van der Waals surface area contributed by atoms with Crippen LogP contribution < -0.4 is 10.2 Å². The van der Waals surface area contributed by atoms with Crippen LogP contribution in [0.3, 0.4) is 0 Å². The Bertz CT molecular complexity index is 1120. The first-order chi connectivity index (χ1) is 15.9. The van der Waals surface area contributed by atoms with Gasteiger partial charge >= 0.3 is 0 Å². The number of anilines is 2. The molecule has 2 aromatic carbocycles. The predicted molar refractivity (Wildman–Crippen MR) is 134 cm³/mol. The van der Waals surface area contributed by atoms with Gasteiger partial charge in [-0.25, -0.2) is 8.42 Å². The van der Waals surface area contributed by atoms with Gasteiger partial charge < -0.3 is 15.0 Å². The van der Waals surface area contributed by atoms with Gasteiger partial charge in [-0.05, 0) is 61.2 Å².